The van der Waals surface area contributed by atoms with Crippen LogP contribution in [0.3, 0.4) is 0 Å². The standard InChI is InChI=1S/C23H33N5O/c1-18-13-25-22(26-18)23(29)28(15-19-7-5-11-24-14-19)17-20-8-6-12-27(16-20)21-9-3-2-4-10-21/h5,7,11,13-14,20-21H,2-4,6,8-10,12,15-17H2,1H3,(H,25,26)/t20-/m1/s1. The molecule has 1 N–H and O–H groups in total. The maximum absolute atomic E-state index is 13.2. The van der Waals surface area contributed by atoms with Gasteiger partial charge in [-0.25, -0.2) is 4.98 Å². The zero-order chi connectivity index (χ0) is 20.1. The second kappa shape index (κ2) is 9.53. The predicted octanol–water partition coefficient (Wildman–Crippen LogP) is 3.80. The fourth-order valence-electron chi connectivity index (χ4n) is 4.94. The third-order valence-electron chi connectivity index (χ3n) is 6.41. The minimum absolute atomic E-state index is 0.0169. The number of H-pyrrole nitrogens is 1. The Kier molecular flexibility index (Phi) is 6.60. The maximum atomic E-state index is 13.2. The number of imidazole rings is 1. The van der Waals surface area contributed by atoms with Gasteiger partial charge in [-0.2, -0.15) is 0 Å². The van der Waals surface area contributed by atoms with Crippen LogP contribution in [0.4, 0.5) is 0 Å². The Hall–Kier alpha value is -2.21. The van der Waals surface area contributed by atoms with Crippen molar-refractivity contribution in [3.63, 3.8) is 0 Å². The van der Waals surface area contributed by atoms with E-state index in [1.807, 2.05) is 30.2 Å². The summed E-state index contributed by atoms with van der Waals surface area (Å²) in [6, 6.07) is 4.72. The van der Waals surface area contributed by atoms with Crippen LogP contribution in [-0.4, -0.2) is 56.3 Å². The summed E-state index contributed by atoms with van der Waals surface area (Å²) < 4.78 is 0. The van der Waals surface area contributed by atoms with Crippen LogP contribution in [0.1, 0.15) is 66.8 Å². The lowest BCUT2D eigenvalue weighted by atomic mass is 9.90. The van der Waals surface area contributed by atoms with E-state index in [9.17, 15) is 4.79 Å². The van der Waals surface area contributed by atoms with E-state index in [4.69, 9.17) is 0 Å². The van der Waals surface area contributed by atoms with Gasteiger partial charge in [0.1, 0.15) is 0 Å². The molecule has 1 aliphatic heterocycles. The maximum Gasteiger partial charge on any atom is 0.289 e. The van der Waals surface area contributed by atoms with Crippen LogP contribution < -0.4 is 0 Å². The molecule has 3 heterocycles. The Morgan fingerprint density at radius 2 is 2.07 bits per heavy atom. The van der Waals surface area contributed by atoms with Gasteiger partial charge in [0, 0.05) is 50.0 Å². The van der Waals surface area contributed by atoms with Crippen molar-refractivity contribution < 1.29 is 4.79 Å². The summed E-state index contributed by atoms with van der Waals surface area (Å²) in [6.07, 6.45) is 14.6. The number of carbonyl (C=O) groups is 1. The van der Waals surface area contributed by atoms with Crippen molar-refractivity contribution in [2.45, 2.75) is 64.5 Å². The topological polar surface area (TPSA) is 65.1 Å². The van der Waals surface area contributed by atoms with Crippen molar-refractivity contribution in [2.75, 3.05) is 19.6 Å². The van der Waals surface area contributed by atoms with Crippen LogP contribution in [0.2, 0.25) is 0 Å². The average Bonchev–Trinajstić information content (AvgIpc) is 3.21. The summed E-state index contributed by atoms with van der Waals surface area (Å²) in [4.78, 5) is 29.5. The van der Waals surface area contributed by atoms with Crippen molar-refractivity contribution >= 4 is 5.91 Å². The van der Waals surface area contributed by atoms with E-state index in [2.05, 4.69) is 19.9 Å². The molecule has 0 radical (unpaired) electrons. The fourth-order valence-corrected chi connectivity index (χ4v) is 4.94. The van der Waals surface area contributed by atoms with E-state index in [0.717, 1.165) is 30.4 Å². The van der Waals surface area contributed by atoms with E-state index in [1.54, 1.807) is 12.4 Å². The fraction of sp³-hybridized carbons (Fsp3) is 0.609. The number of pyridine rings is 1. The van der Waals surface area contributed by atoms with E-state index in [0.29, 0.717) is 18.3 Å². The second-order valence-corrected chi connectivity index (χ2v) is 8.76. The number of aryl methyl sites for hydroxylation is 1. The van der Waals surface area contributed by atoms with Crippen LogP contribution in [-0.2, 0) is 6.54 Å². The number of aromatic amines is 1. The third kappa shape index (κ3) is 5.24. The van der Waals surface area contributed by atoms with Gasteiger partial charge in [0.2, 0.25) is 0 Å². The number of nitrogens with one attached hydrogen (secondary N) is 1. The van der Waals surface area contributed by atoms with Gasteiger partial charge in [0.15, 0.2) is 5.82 Å². The molecule has 156 valence electrons. The summed E-state index contributed by atoms with van der Waals surface area (Å²) in [7, 11) is 0. The molecule has 2 aliphatic rings. The zero-order valence-electron chi connectivity index (χ0n) is 17.5. The largest absolute Gasteiger partial charge is 0.338 e. The van der Waals surface area contributed by atoms with Gasteiger partial charge in [0.05, 0.1) is 0 Å². The number of piperidine rings is 1. The normalized spacial score (nSPS) is 21.2. The molecule has 1 saturated carbocycles. The molecule has 6 heteroatoms. The molecule has 29 heavy (non-hydrogen) atoms. The minimum Gasteiger partial charge on any atom is -0.338 e. The number of nitrogens with zero attached hydrogens (tertiary/aromatic N) is 4. The first-order valence-electron chi connectivity index (χ1n) is 11.1. The van der Waals surface area contributed by atoms with Gasteiger partial charge in [-0.3, -0.25) is 9.78 Å². The van der Waals surface area contributed by atoms with Crippen LogP contribution in [0.25, 0.3) is 0 Å². The summed E-state index contributed by atoms with van der Waals surface area (Å²) in [5.74, 6) is 0.936. The molecule has 0 spiro atoms. The number of likely N-dealkylation sites (tertiary alicyclic amines) is 1. The molecule has 1 aliphatic carbocycles. The summed E-state index contributed by atoms with van der Waals surface area (Å²) in [5, 5.41) is 0. The van der Waals surface area contributed by atoms with E-state index >= 15 is 0 Å². The van der Waals surface area contributed by atoms with Crippen LogP contribution in [0.5, 0.6) is 0 Å². The highest BCUT2D eigenvalue weighted by molar-refractivity contribution is 5.90. The first-order valence-corrected chi connectivity index (χ1v) is 11.1. The number of aromatic nitrogens is 3. The molecule has 2 aromatic heterocycles. The molecule has 0 bridgehead atoms. The molecule has 6 nitrogen and oxygen atoms in total. The van der Waals surface area contributed by atoms with E-state index in [-0.39, 0.29) is 5.91 Å². The Morgan fingerprint density at radius 1 is 1.21 bits per heavy atom. The lowest BCUT2D eigenvalue weighted by molar-refractivity contribution is 0.0575. The molecule has 2 aromatic rings. The predicted molar refractivity (Wildman–Crippen MR) is 113 cm³/mol. The highest BCUT2D eigenvalue weighted by atomic mass is 16.2. The monoisotopic (exact) mass is 395 g/mol. The van der Waals surface area contributed by atoms with Gasteiger partial charge in [-0.15, -0.1) is 0 Å². The first kappa shape index (κ1) is 20.1. The van der Waals surface area contributed by atoms with E-state index in [1.165, 1.54) is 51.5 Å². The molecular formula is C23H33N5O. The molecule has 1 saturated heterocycles. The van der Waals surface area contributed by atoms with Crippen molar-refractivity contribution in [2.24, 2.45) is 5.92 Å². The molecule has 1 amide bonds. The molecule has 4 rings (SSSR count). The number of carbonyl (C=O) groups excluding carboxylic acids is 1. The number of hydrogen-bond donors (Lipinski definition) is 1. The van der Waals surface area contributed by atoms with Gasteiger partial charge in [-0.05, 0) is 56.7 Å². The zero-order valence-corrected chi connectivity index (χ0v) is 17.5. The van der Waals surface area contributed by atoms with Crippen molar-refractivity contribution in [3.05, 3.63) is 47.8 Å². The Bertz CT molecular complexity index is 784. The van der Waals surface area contributed by atoms with Crippen molar-refractivity contribution in [1.82, 2.24) is 24.8 Å². The Morgan fingerprint density at radius 3 is 2.79 bits per heavy atom. The molecule has 2 fully saturated rings. The Labute approximate surface area is 173 Å². The molecular weight excluding hydrogens is 362 g/mol. The highest BCUT2D eigenvalue weighted by Gasteiger charge is 2.29. The van der Waals surface area contributed by atoms with Crippen molar-refractivity contribution in [3.8, 4) is 0 Å². The van der Waals surface area contributed by atoms with Gasteiger partial charge < -0.3 is 14.8 Å². The van der Waals surface area contributed by atoms with Crippen LogP contribution in [0, 0.1) is 12.8 Å². The Balaban J connectivity index is 1.46. The van der Waals surface area contributed by atoms with Gasteiger partial charge >= 0.3 is 0 Å². The third-order valence-corrected chi connectivity index (χ3v) is 6.41. The quantitative estimate of drug-likeness (QED) is 0.808. The van der Waals surface area contributed by atoms with Gasteiger partial charge in [-0.1, -0.05) is 25.3 Å². The average molecular weight is 396 g/mol. The lowest BCUT2D eigenvalue weighted by Crippen LogP contribution is -2.47. The number of hydrogen-bond acceptors (Lipinski definition) is 4. The summed E-state index contributed by atoms with van der Waals surface area (Å²) >= 11 is 0. The first-order chi connectivity index (χ1) is 14.2. The van der Waals surface area contributed by atoms with Gasteiger partial charge in [0.25, 0.3) is 5.91 Å². The minimum atomic E-state index is -0.0169. The molecule has 0 unspecified atom stereocenters. The smallest absolute Gasteiger partial charge is 0.289 e. The highest BCUT2D eigenvalue weighted by Crippen LogP contribution is 2.28. The molecule has 0 aromatic carbocycles. The van der Waals surface area contributed by atoms with Crippen LogP contribution >= 0.6 is 0 Å². The SMILES string of the molecule is Cc1cnc(C(=O)N(Cc2cccnc2)C[C@@H]2CCCN(C3CCCCC3)C2)[nH]1. The van der Waals surface area contributed by atoms with Crippen molar-refractivity contribution in [1.29, 1.82) is 0 Å². The summed E-state index contributed by atoms with van der Waals surface area (Å²) in [6.45, 7) is 5.61. The van der Waals surface area contributed by atoms with Crippen LogP contribution in [0.15, 0.2) is 30.7 Å². The van der Waals surface area contributed by atoms with E-state index < -0.39 is 0 Å². The molecule has 1 atom stereocenters. The number of amides is 1. The number of rotatable bonds is 6. The summed E-state index contributed by atoms with van der Waals surface area (Å²) in [5.41, 5.74) is 1.97. The lowest BCUT2D eigenvalue weighted by Gasteiger charge is -2.41. The second-order valence-electron chi connectivity index (χ2n) is 8.76.